The number of para-hydroxylation sites is 1. The van der Waals surface area contributed by atoms with Gasteiger partial charge in [0.15, 0.2) is 0 Å². The highest BCUT2D eigenvalue weighted by Crippen LogP contribution is 2.24. The van der Waals surface area contributed by atoms with E-state index >= 15 is 0 Å². The van der Waals surface area contributed by atoms with Crippen LogP contribution >= 0.6 is 0 Å². The van der Waals surface area contributed by atoms with Gasteiger partial charge in [-0.25, -0.2) is 0 Å². The van der Waals surface area contributed by atoms with Gasteiger partial charge in [-0.3, -0.25) is 5.10 Å². The molecule has 1 aliphatic rings. The zero-order chi connectivity index (χ0) is 10.1. The van der Waals surface area contributed by atoms with Crippen molar-refractivity contribution in [3.05, 3.63) is 42.1 Å². The summed E-state index contributed by atoms with van der Waals surface area (Å²) in [6.45, 7) is 1.96. The molecule has 15 heavy (non-hydrogen) atoms. The van der Waals surface area contributed by atoms with E-state index in [9.17, 15) is 0 Å². The van der Waals surface area contributed by atoms with Crippen LogP contribution in [0.3, 0.4) is 0 Å². The summed E-state index contributed by atoms with van der Waals surface area (Å²) in [6.07, 6.45) is 4.42. The first-order chi connectivity index (χ1) is 7.45. The van der Waals surface area contributed by atoms with Gasteiger partial charge in [0.2, 0.25) is 0 Å². The molecule has 1 aliphatic heterocycles. The summed E-state index contributed by atoms with van der Waals surface area (Å²) < 4.78 is 0. The number of aromatic amines is 1. The fourth-order valence-corrected chi connectivity index (χ4v) is 2.08. The monoisotopic (exact) mass is 199 g/mol. The fraction of sp³-hybridized carbons (Fsp3) is 0.250. The Bertz CT molecular complexity index is 498. The molecule has 0 amide bonds. The van der Waals surface area contributed by atoms with Gasteiger partial charge in [0.25, 0.3) is 0 Å². The van der Waals surface area contributed by atoms with E-state index in [1.807, 2.05) is 12.1 Å². The van der Waals surface area contributed by atoms with Crippen LogP contribution in [0.1, 0.15) is 11.6 Å². The number of aromatic nitrogens is 2. The maximum absolute atomic E-state index is 4.31. The lowest BCUT2D eigenvalue weighted by molar-refractivity contribution is 0.651. The van der Waals surface area contributed by atoms with E-state index in [0.717, 1.165) is 18.6 Å². The third-order valence-corrected chi connectivity index (χ3v) is 2.86. The standard InChI is InChI=1S/C12H13N3/c1-2-6-11-10(5-1)12(15-14-11)9-4-3-7-13-8-9/h1-6,9,13H,7-8H2,(H,14,15). The number of benzene rings is 1. The molecule has 0 fully saturated rings. The molecule has 0 saturated heterocycles. The van der Waals surface area contributed by atoms with Crippen LogP contribution in [0, 0.1) is 0 Å². The molecule has 1 aromatic heterocycles. The zero-order valence-electron chi connectivity index (χ0n) is 8.40. The van der Waals surface area contributed by atoms with Crippen LogP contribution in [0.4, 0.5) is 0 Å². The van der Waals surface area contributed by atoms with Gasteiger partial charge in [0.05, 0.1) is 11.2 Å². The third-order valence-electron chi connectivity index (χ3n) is 2.86. The number of rotatable bonds is 1. The molecular formula is C12H13N3. The highest BCUT2D eigenvalue weighted by Gasteiger charge is 2.15. The number of hydrogen-bond acceptors (Lipinski definition) is 2. The minimum Gasteiger partial charge on any atom is -0.312 e. The molecule has 76 valence electrons. The number of fused-ring (bicyclic) bond motifs is 1. The molecule has 1 atom stereocenters. The molecule has 1 unspecified atom stereocenters. The lowest BCUT2D eigenvalue weighted by Gasteiger charge is -2.16. The molecule has 2 heterocycles. The minimum atomic E-state index is 0.422. The van der Waals surface area contributed by atoms with E-state index in [1.54, 1.807) is 0 Å². The first-order valence-electron chi connectivity index (χ1n) is 5.25. The minimum absolute atomic E-state index is 0.422. The maximum atomic E-state index is 4.31. The average molecular weight is 199 g/mol. The average Bonchev–Trinajstić information content (AvgIpc) is 2.74. The molecule has 0 spiro atoms. The van der Waals surface area contributed by atoms with Gasteiger partial charge < -0.3 is 5.32 Å². The van der Waals surface area contributed by atoms with E-state index < -0.39 is 0 Å². The Kier molecular flexibility index (Phi) is 2.03. The topological polar surface area (TPSA) is 40.7 Å². The Morgan fingerprint density at radius 2 is 2.20 bits per heavy atom. The molecular weight excluding hydrogens is 186 g/mol. The van der Waals surface area contributed by atoms with Gasteiger partial charge in [-0.1, -0.05) is 30.4 Å². The molecule has 3 heteroatoms. The molecule has 2 N–H and O–H groups in total. The van der Waals surface area contributed by atoms with Crippen molar-refractivity contribution in [1.29, 1.82) is 0 Å². The van der Waals surface area contributed by atoms with Gasteiger partial charge in [-0.2, -0.15) is 5.10 Å². The van der Waals surface area contributed by atoms with Crippen LogP contribution in [0.2, 0.25) is 0 Å². The van der Waals surface area contributed by atoms with E-state index in [4.69, 9.17) is 0 Å². The lowest BCUT2D eigenvalue weighted by Crippen LogP contribution is -2.24. The van der Waals surface area contributed by atoms with Crippen molar-refractivity contribution in [2.45, 2.75) is 5.92 Å². The lowest BCUT2D eigenvalue weighted by atomic mass is 9.99. The Morgan fingerprint density at radius 3 is 3.07 bits per heavy atom. The SMILES string of the molecule is C1=CC(c2[nH]nc3ccccc23)CNC1. The van der Waals surface area contributed by atoms with E-state index in [1.165, 1.54) is 11.1 Å². The second-order valence-corrected chi connectivity index (χ2v) is 3.85. The number of nitrogens with one attached hydrogen (secondary N) is 2. The normalized spacial score (nSPS) is 20.9. The molecule has 3 rings (SSSR count). The summed E-state index contributed by atoms with van der Waals surface area (Å²) in [5.41, 5.74) is 2.26. The molecule has 0 bridgehead atoms. The van der Waals surface area contributed by atoms with Crippen molar-refractivity contribution in [1.82, 2.24) is 15.5 Å². The molecule has 3 nitrogen and oxygen atoms in total. The first kappa shape index (κ1) is 8.68. The Morgan fingerprint density at radius 1 is 1.27 bits per heavy atom. The van der Waals surface area contributed by atoms with Crippen molar-refractivity contribution in [3.8, 4) is 0 Å². The molecule has 0 saturated carbocycles. The number of H-pyrrole nitrogens is 1. The summed E-state index contributed by atoms with van der Waals surface area (Å²) in [5.74, 6) is 0.422. The molecule has 0 aliphatic carbocycles. The third kappa shape index (κ3) is 1.45. The summed E-state index contributed by atoms with van der Waals surface area (Å²) in [7, 11) is 0. The van der Waals surface area contributed by atoms with Gasteiger partial charge in [-0.15, -0.1) is 0 Å². The van der Waals surface area contributed by atoms with Crippen LogP contribution in [0.15, 0.2) is 36.4 Å². The summed E-state index contributed by atoms with van der Waals surface area (Å²) in [5, 5.41) is 12.0. The highest BCUT2D eigenvalue weighted by atomic mass is 15.1. The Labute approximate surface area is 88.2 Å². The predicted octanol–water partition coefficient (Wildman–Crippen LogP) is 1.81. The Hall–Kier alpha value is -1.61. The van der Waals surface area contributed by atoms with E-state index in [0.29, 0.717) is 5.92 Å². The quantitative estimate of drug-likeness (QED) is 0.688. The van der Waals surface area contributed by atoms with Gasteiger partial charge in [0, 0.05) is 24.4 Å². The molecule has 2 aromatic rings. The Balaban J connectivity index is 2.10. The fourth-order valence-electron chi connectivity index (χ4n) is 2.08. The van der Waals surface area contributed by atoms with Gasteiger partial charge in [0.1, 0.15) is 0 Å². The van der Waals surface area contributed by atoms with Crippen molar-refractivity contribution in [2.24, 2.45) is 0 Å². The number of hydrogen-bond donors (Lipinski definition) is 2. The van der Waals surface area contributed by atoms with Crippen molar-refractivity contribution < 1.29 is 0 Å². The second kappa shape index (κ2) is 3.51. The zero-order valence-corrected chi connectivity index (χ0v) is 8.40. The predicted molar refractivity (Wildman–Crippen MR) is 60.8 cm³/mol. The first-order valence-corrected chi connectivity index (χ1v) is 5.25. The van der Waals surface area contributed by atoms with Crippen LogP contribution in [0.25, 0.3) is 10.9 Å². The molecule has 0 radical (unpaired) electrons. The van der Waals surface area contributed by atoms with E-state index in [2.05, 4.69) is 39.8 Å². The largest absolute Gasteiger partial charge is 0.312 e. The van der Waals surface area contributed by atoms with Gasteiger partial charge in [-0.05, 0) is 6.07 Å². The van der Waals surface area contributed by atoms with Gasteiger partial charge >= 0.3 is 0 Å². The number of nitrogens with zero attached hydrogens (tertiary/aromatic N) is 1. The van der Waals surface area contributed by atoms with Crippen molar-refractivity contribution >= 4 is 10.9 Å². The highest BCUT2D eigenvalue weighted by molar-refractivity contribution is 5.81. The smallest absolute Gasteiger partial charge is 0.0923 e. The second-order valence-electron chi connectivity index (χ2n) is 3.85. The van der Waals surface area contributed by atoms with E-state index in [-0.39, 0.29) is 0 Å². The van der Waals surface area contributed by atoms with Crippen molar-refractivity contribution in [2.75, 3.05) is 13.1 Å². The van der Waals surface area contributed by atoms with Crippen LogP contribution in [-0.2, 0) is 0 Å². The summed E-state index contributed by atoms with van der Waals surface area (Å²) >= 11 is 0. The molecule has 1 aromatic carbocycles. The summed E-state index contributed by atoms with van der Waals surface area (Å²) in [6, 6.07) is 8.23. The van der Waals surface area contributed by atoms with Crippen LogP contribution in [-0.4, -0.2) is 23.3 Å². The maximum Gasteiger partial charge on any atom is 0.0923 e. The van der Waals surface area contributed by atoms with Crippen LogP contribution < -0.4 is 5.32 Å². The summed E-state index contributed by atoms with van der Waals surface area (Å²) in [4.78, 5) is 0. The van der Waals surface area contributed by atoms with Crippen LogP contribution in [0.5, 0.6) is 0 Å². The van der Waals surface area contributed by atoms with Crippen molar-refractivity contribution in [3.63, 3.8) is 0 Å².